The average Bonchev–Trinajstić information content (AvgIpc) is 3.68. The van der Waals surface area contributed by atoms with Crippen LogP contribution in [0.4, 0.5) is 5.95 Å². The number of benzene rings is 1. The van der Waals surface area contributed by atoms with Gasteiger partial charge in [-0.05, 0) is 76.1 Å². The molecule has 6 rings (SSSR count). The molecule has 192 valence electrons. The van der Waals surface area contributed by atoms with Crippen molar-refractivity contribution in [2.45, 2.75) is 81.5 Å². The van der Waals surface area contributed by atoms with E-state index in [1.54, 1.807) is 7.11 Å². The van der Waals surface area contributed by atoms with Crippen LogP contribution in [0, 0.1) is 5.92 Å². The molecule has 4 aliphatic rings. The van der Waals surface area contributed by atoms with E-state index in [4.69, 9.17) is 9.72 Å². The van der Waals surface area contributed by atoms with Gasteiger partial charge in [-0.2, -0.15) is 0 Å². The van der Waals surface area contributed by atoms with Gasteiger partial charge in [0.15, 0.2) is 0 Å². The van der Waals surface area contributed by atoms with Crippen LogP contribution in [0.5, 0.6) is 0 Å². The van der Waals surface area contributed by atoms with E-state index in [0.29, 0.717) is 30.5 Å². The number of carbonyl (C=O) groups excluding carboxylic acids is 1. The van der Waals surface area contributed by atoms with E-state index in [1.807, 2.05) is 6.20 Å². The van der Waals surface area contributed by atoms with Crippen LogP contribution in [0.1, 0.15) is 67.7 Å². The van der Waals surface area contributed by atoms with E-state index in [2.05, 4.69) is 57.5 Å². The van der Waals surface area contributed by atoms with Crippen LogP contribution in [0.15, 0.2) is 36.5 Å². The Hall–Kier alpha value is -2.51. The van der Waals surface area contributed by atoms with Gasteiger partial charge in [-0.25, -0.2) is 9.97 Å². The fraction of sp³-hybridized carbons (Fsp3) is 0.621. The number of nitrogens with zero attached hydrogens (tertiary/aromatic N) is 4. The third-order valence-corrected chi connectivity index (χ3v) is 9.15. The van der Waals surface area contributed by atoms with Crippen LogP contribution in [0.3, 0.4) is 0 Å². The molecule has 2 aromatic rings. The Bertz CT molecular complexity index is 1080. The van der Waals surface area contributed by atoms with Gasteiger partial charge in [0.1, 0.15) is 0 Å². The number of nitrogens with one attached hydrogen (secondary N) is 1. The minimum atomic E-state index is -0.0223. The number of fused-ring (bicyclic) bond motifs is 1. The van der Waals surface area contributed by atoms with E-state index < -0.39 is 0 Å². The van der Waals surface area contributed by atoms with Crippen molar-refractivity contribution in [3.05, 3.63) is 53.3 Å². The van der Waals surface area contributed by atoms with Gasteiger partial charge in [-0.15, -0.1) is 0 Å². The van der Waals surface area contributed by atoms with Crippen molar-refractivity contribution < 1.29 is 9.53 Å². The molecule has 0 radical (unpaired) electrons. The van der Waals surface area contributed by atoms with E-state index in [9.17, 15) is 4.79 Å². The van der Waals surface area contributed by atoms with Crippen LogP contribution in [-0.4, -0.2) is 70.6 Å². The number of likely N-dealkylation sites (N-methyl/N-ethyl adjacent to an activating group) is 1. The topological polar surface area (TPSA) is 70.6 Å². The van der Waals surface area contributed by atoms with Crippen LogP contribution in [-0.2, 0) is 22.5 Å². The molecule has 1 saturated heterocycles. The molecular formula is C29H39N5O2. The quantitative estimate of drug-likeness (QED) is 0.685. The lowest BCUT2D eigenvalue weighted by Crippen LogP contribution is -2.52. The van der Waals surface area contributed by atoms with Crippen molar-refractivity contribution in [2.24, 2.45) is 5.92 Å². The molecule has 0 bridgehead atoms. The van der Waals surface area contributed by atoms with Crippen molar-refractivity contribution in [1.29, 1.82) is 0 Å². The molecule has 7 nitrogen and oxygen atoms in total. The summed E-state index contributed by atoms with van der Waals surface area (Å²) in [5.74, 6) is 1.29. The summed E-state index contributed by atoms with van der Waals surface area (Å²) in [5.41, 5.74) is 3.49. The van der Waals surface area contributed by atoms with E-state index >= 15 is 0 Å². The Morgan fingerprint density at radius 2 is 1.89 bits per heavy atom. The second kappa shape index (κ2) is 9.75. The minimum absolute atomic E-state index is 0.0223. The number of hydrogen-bond acceptors (Lipinski definition) is 6. The fourth-order valence-corrected chi connectivity index (χ4v) is 6.74. The normalized spacial score (nSPS) is 29.6. The number of anilines is 1. The molecule has 36 heavy (non-hydrogen) atoms. The maximum absolute atomic E-state index is 14.2. The zero-order valence-electron chi connectivity index (χ0n) is 21.7. The predicted molar refractivity (Wildman–Crippen MR) is 140 cm³/mol. The highest BCUT2D eigenvalue weighted by molar-refractivity contribution is 5.82. The van der Waals surface area contributed by atoms with Gasteiger partial charge in [-0.1, -0.05) is 30.3 Å². The third-order valence-electron chi connectivity index (χ3n) is 9.15. The van der Waals surface area contributed by atoms with Crippen LogP contribution in [0.25, 0.3) is 0 Å². The maximum Gasteiger partial charge on any atom is 0.227 e. The molecule has 1 spiro atoms. The zero-order chi connectivity index (χ0) is 24.7. The summed E-state index contributed by atoms with van der Waals surface area (Å²) in [4.78, 5) is 28.4. The summed E-state index contributed by atoms with van der Waals surface area (Å²) in [7, 11) is 3.97. The molecule has 3 fully saturated rings. The summed E-state index contributed by atoms with van der Waals surface area (Å²) >= 11 is 0. The third kappa shape index (κ3) is 4.63. The largest absolute Gasteiger partial charge is 0.381 e. The lowest BCUT2D eigenvalue weighted by Gasteiger charge is -2.43. The van der Waals surface area contributed by atoms with Gasteiger partial charge in [0, 0.05) is 43.3 Å². The first-order valence-electron chi connectivity index (χ1n) is 13.7. The van der Waals surface area contributed by atoms with Crippen LogP contribution in [0.2, 0.25) is 0 Å². The molecule has 2 aliphatic carbocycles. The molecule has 2 saturated carbocycles. The predicted octanol–water partition coefficient (Wildman–Crippen LogP) is 4.00. The van der Waals surface area contributed by atoms with Crippen molar-refractivity contribution in [2.75, 3.05) is 32.6 Å². The number of methoxy groups -OCH3 is 1. The lowest BCUT2D eigenvalue weighted by molar-refractivity contribution is -0.142. The number of likely N-dealkylation sites (tertiary alicyclic amines) is 1. The highest BCUT2D eigenvalue weighted by Gasteiger charge is 2.54. The van der Waals surface area contributed by atoms with Gasteiger partial charge >= 0.3 is 0 Å². The number of ether oxygens (including phenoxy) is 1. The monoisotopic (exact) mass is 489 g/mol. The molecule has 2 aliphatic heterocycles. The van der Waals surface area contributed by atoms with E-state index in [-0.39, 0.29) is 17.4 Å². The summed E-state index contributed by atoms with van der Waals surface area (Å²) < 4.78 is 5.52. The number of hydrogen-bond donors (Lipinski definition) is 1. The van der Waals surface area contributed by atoms with E-state index in [0.717, 1.165) is 70.2 Å². The zero-order valence-corrected chi connectivity index (χ0v) is 21.7. The number of aromatic nitrogens is 2. The Morgan fingerprint density at radius 1 is 1.11 bits per heavy atom. The summed E-state index contributed by atoms with van der Waals surface area (Å²) in [6, 6.07) is 11.0. The molecule has 2 atom stereocenters. The highest BCUT2D eigenvalue weighted by atomic mass is 16.5. The molecule has 7 heteroatoms. The number of amides is 1. The Kier molecular flexibility index (Phi) is 6.46. The molecule has 1 aromatic heterocycles. The molecular weight excluding hydrogens is 450 g/mol. The Morgan fingerprint density at radius 3 is 2.61 bits per heavy atom. The first kappa shape index (κ1) is 23.9. The summed E-state index contributed by atoms with van der Waals surface area (Å²) in [6.45, 7) is 2.51. The Balaban J connectivity index is 1.21. The minimum Gasteiger partial charge on any atom is -0.381 e. The molecule has 1 N–H and O–H groups in total. The van der Waals surface area contributed by atoms with Gasteiger partial charge in [0.2, 0.25) is 11.9 Å². The van der Waals surface area contributed by atoms with Crippen molar-refractivity contribution in [3.63, 3.8) is 0 Å². The standard InChI is InChI=1S/C29H39N5O2/c1-33-15-12-24(25(18-33)20-6-4-3-5-7-20)27(35)34-19-26-21(16-29(34)13-14-29)17-30-28(32-26)31-22-8-10-23(36-2)11-9-22/h3-7,17,22-25H,8-16,18-19H2,1-2H3,(H,30,31,32)/t22?,23?,24-,25+/m0/s1. The van der Waals surface area contributed by atoms with Gasteiger partial charge < -0.3 is 19.9 Å². The summed E-state index contributed by atoms with van der Waals surface area (Å²) in [5, 5.41) is 3.57. The van der Waals surface area contributed by atoms with Crippen LogP contribution >= 0.6 is 0 Å². The first-order valence-corrected chi connectivity index (χ1v) is 13.7. The van der Waals surface area contributed by atoms with Crippen molar-refractivity contribution in [3.8, 4) is 0 Å². The van der Waals surface area contributed by atoms with Gasteiger partial charge in [-0.3, -0.25) is 4.79 Å². The lowest BCUT2D eigenvalue weighted by atomic mass is 9.79. The second-order valence-corrected chi connectivity index (χ2v) is 11.5. The van der Waals surface area contributed by atoms with Gasteiger partial charge in [0.05, 0.1) is 18.3 Å². The smallest absolute Gasteiger partial charge is 0.227 e. The molecule has 0 unspecified atom stereocenters. The highest BCUT2D eigenvalue weighted by Crippen LogP contribution is 2.50. The average molecular weight is 490 g/mol. The summed E-state index contributed by atoms with van der Waals surface area (Å²) in [6.07, 6.45) is 10.6. The van der Waals surface area contributed by atoms with Crippen LogP contribution < -0.4 is 5.32 Å². The fourth-order valence-electron chi connectivity index (χ4n) is 6.74. The number of carbonyl (C=O) groups is 1. The molecule has 1 aromatic carbocycles. The van der Waals surface area contributed by atoms with Gasteiger partial charge in [0.25, 0.3) is 0 Å². The SMILES string of the molecule is COC1CCC(Nc2ncc3c(n2)CN(C(=O)[C@H]2CCN(C)C[C@@H]2c2ccccc2)C2(CC2)C3)CC1. The number of piperidine rings is 1. The van der Waals surface area contributed by atoms with Crippen molar-refractivity contribution in [1.82, 2.24) is 19.8 Å². The van der Waals surface area contributed by atoms with Crippen molar-refractivity contribution >= 4 is 11.9 Å². The molecule has 3 heterocycles. The second-order valence-electron chi connectivity index (χ2n) is 11.5. The maximum atomic E-state index is 14.2. The molecule has 1 amide bonds. The Labute approximate surface area is 214 Å². The first-order chi connectivity index (χ1) is 17.5. The van der Waals surface area contributed by atoms with E-state index in [1.165, 1.54) is 11.1 Å². The number of rotatable bonds is 5.